The number of likely N-dealkylation sites (tertiary alicyclic amines) is 1. The maximum atomic E-state index is 12.1. The Morgan fingerprint density at radius 1 is 1.14 bits per heavy atom. The van der Waals surface area contributed by atoms with Gasteiger partial charge >= 0.3 is 0 Å². The molecule has 0 spiro atoms. The number of aryl methyl sites for hydroxylation is 1. The Balaban J connectivity index is 1.63. The topological polar surface area (TPSA) is 20.3 Å². The van der Waals surface area contributed by atoms with Crippen LogP contribution in [0.2, 0.25) is 0 Å². The van der Waals surface area contributed by atoms with E-state index in [9.17, 15) is 4.79 Å². The normalized spacial score (nSPS) is 16.1. The van der Waals surface area contributed by atoms with Crippen LogP contribution in [0.25, 0.3) is 0 Å². The third kappa shape index (κ3) is 5.55. The molecule has 0 unspecified atom stereocenters. The molecular formula is C18H26BrNO. The Morgan fingerprint density at radius 2 is 1.90 bits per heavy atom. The van der Waals surface area contributed by atoms with E-state index in [2.05, 4.69) is 20.8 Å². The molecule has 0 amide bonds. The molecule has 3 heteroatoms. The van der Waals surface area contributed by atoms with Crippen molar-refractivity contribution in [1.29, 1.82) is 0 Å². The molecule has 0 radical (unpaired) electrons. The molecule has 116 valence electrons. The number of nitrogens with zero attached hydrogens (tertiary/aromatic N) is 1. The van der Waals surface area contributed by atoms with E-state index < -0.39 is 0 Å². The van der Waals surface area contributed by atoms with E-state index in [4.69, 9.17) is 0 Å². The van der Waals surface area contributed by atoms with Crippen molar-refractivity contribution in [3.63, 3.8) is 0 Å². The molecule has 0 aromatic heterocycles. The minimum Gasteiger partial charge on any atom is -0.303 e. The van der Waals surface area contributed by atoms with Gasteiger partial charge < -0.3 is 4.90 Å². The number of halogens is 1. The number of Topliss-reactive ketones (excluding diaryl/α,β-unsaturated/α-hetero) is 1. The molecule has 1 aliphatic heterocycles. The van der Waals surface area contributed by atoms with E-state index in [1.807, 2.05) is 25.1 Å². The van der Waals surface area contributed by atoms with E-state index in [-0.39, 0.29) is 5.78 Å². The maximum Gasteiger partial charge on any atom is 0.162 e. The Bertz CT molecular complexity index is 466. The highest BCUT2D eigenvalue weighted by Gasteiger charge is 2.10. The zero-order valence-electron chi connectivity index (χ0n) is 13.0. The monoisotopic (exact) mass is 351 g/mol. The van der Waals surface area contributed by atoms with Crippen LogP contribution in [0.4, 0.5) is 0 Å². The van der Waals surface area contributed by atoms with Gasteiger partial charge in [-0.25, -0.2) is 0 Å². The van der Waals surface area contributed by atoms with E-state index in [1.165, 1.54) is 50.9 Å². The van der Waals surface area contributed by atoms with Crippen molar-refractivity contribution < 1.29 is 4.79 Å². The van der Waals surface area contributed by atoms with Gasteiger partial charge in [-0.05, 0) is 63.9 Å². The smallest absolute Gasteiger partial charge is 0.162 e. The standard InChI is InChI=1S/C18H26BrNO/c1-15-9-10-16(14-17(15)19)18(21)8-4-2-5-11-20-12-6-3-7-13-20/h9-10,14H,2-8,11-13H2,1H3. The van der Waals surface area contributed by atoms with Crippen LogP contribution in [0.5, 0.6) is 0 Å². The molecule has 1 aromatic carbocycles. The molecule has 2 nitrogen and oxygen atoms in total. The number of unbranched alkanes of at least 4 members (excludes halogenated alkanes) is 2. The van der Waals surface area contributed by atoms with Gasteiger partial charge in [0, 0.05) is 16.5 Å². The van der Waals surface area contributed by atoms with E-state index in [1.54, 1.807) is 0 Å². The van der Waals surface area contributed by atoms with E-state index >= 15 is 0 Å². The second-order valence-electron chi connectivity index (χ2n) is 6.10. The SMILES string of the molecule is Cc1ccc(C(=O)CCCCCN2CCCCC2)cc1Br. The fourth-order valence-corrected chi connectivity index (χ4v) is 3.27. The van der Waals surface area contributed by atoms with Crippen molar-refractivity contribution >= 4 is 21.7 Å². The molecule has 21 heavy (non-hydrogen) atoms. The summed E-state index contributed by atoms with van der Waals surface area (Å²) in [4.78, 5) is 14.7. The second kappa shape index (κ2) is 8.70. The van der Waals surface area contributed by atoms with Crippen molar-refractivity contribution in [3.05, 3.63) is 33.8 Å². The minimum atomic E-state index is 0.272. The fraction of sp³-hybridized carbons (Fsp3) is 0.611. The second-order valence-corrected chi connectivity index (χ2v) is 6.95. The van der Waals surface area contributed by atoms with Crippen LogP contribution in [0.1, 0.15) is 60.9 Å². The highest BCUT2D eigenvalue weighted by Crippen LogP contribution is 2.19. The summed E-state index contributed by atoms with van der Waals surface area (Å²) in [6, 6.07) is 5.90. The summed E-state index contributed by atoms with van der Waals surface area (Å²) in [5.41, 5.74) is 2.01. The lowest BCUT2D eigenvalue weighted by molar-refractivity contribution is 0.0978. The number of carbonyl (C=O) groups is 1. The first-order valence-corrected chi connectivity index (χ1v) is 8.98. The molecule has 0 aliphatic carbocycles. The van der Waals surface area contributed by atoms with Crippen LogP contribution in [0.3, 0.4) is 0 Å². The van der Waals surface area contributed by atoms with Crippen LogP contribution >= 0.6 is 15.9 Å². The Labute approximate surface area is 137 Å². The van der Waals surface area contributed by atoms with E-state index in [0.717, 1.165) is 22.9 Å². The van der Waals surface area contributed by atoms with Crippen LogP contribution in [0, 0.1) is 6.92 Å². The number of hydrogen-bond donors (Lipinski definition) is 0. The molecule has 1 saturated heterocycles. The average molecular weight is 352 g/mol. The number of piperidine rings is 1. The van der Waals surface area contributed by atoms with Crippen molar-refractivity contribution in [2.24, 2.45) is 0 Å². The molecule has 2 rings (SSSR count). The molecule has 0 N–H and O–H groups in total. The van der Waals surface area contributed by atoms with Gasteiger partial charge in [0.25, 0.3) is 0 Å². The summed E-state index contributed by atoms with van der Waals surface area (Å²) in [5, 5.41) is 0. The van der Waals surface area contributed by atoms with Crippen molar-refractivity contribution in [2.75, 3.05) is 19.6 Å². The number of hydrogen-bond acceptors (Lipinski definition) is 2. The predicted molar refractivity (Wildman–Crippen MR) is 92.0 cm³/mol. The van der Waals surface area contributed by atoms with Gasteiger partial charge in [-0.15, -0.1) is 0 Å². The van der Waals surface area contributed by atoms with Gasteiger partial charge in [0.1, 0.15) is 0 Å². The first-order chi connectivity index (χ1) is 10.2. The molecule has 1 aromatic rings. The van der Waals surface area contributed by atoms with Crippen molar-refractivity contribution in [2.45, 2.75) is 51.9 Å². The lowest BCUT2D eigenvalue weighted by Gasteiger charge is -2.26. The van der Waals surface area contributed by atoms with Gasteiger partial charge in [0.05, 0.1) is 0 Å². The van der Waals surface area contributed by atoms with Crippen molar-refractivity contribution in [3.8, 4) is 0 Å². The third-order valence-corrected chi connectivity index (χ3v) is 5.18. The van der Waals surface area contributed by atoms with Crippen LogP contribution < -0.4 is 0 Å². The largest absolute Gasteiger partial charge is 0.303 e. The maximum absolute atomic E-state index is 12.1. The number of rotatable bonds is 7. The van der Waals surface area contributed by atoms with Crippen LogP contribution in [-0.2, 0) is 0 Å². The molecule has 1 heterocycles. The van der Waals surface area contributed by atoms with Gasteiger partial charge in [0.15, 0.2) is 5.78 Å². The van der Waals surface area contributed by atoms with Crippen LogP contribution in [-0.4, -0.2) is 30.3 Å². The summed E-state index contributed by atoms with van der Waals surface area (Å²) in [7, 11) is 0. The zero-order valence-corrected chi connectivity index (χ0v) is 14.6. The molecule has 0 saturated carbocycles. The average Bonchev–Trinajstić information content (AvgIpc) is 2.50. The highest BCUT2D eigenvalue weighted by molar-refractivity contribution is 9.10. The zero-order chi connectivity index (χ0) is 15.1. The van der Waals surface area contributed by atoms with Gasteiger partial charge in [-0.2, -0.15) is 0 Å². The number of ketones is 1. The number of benzene rings is 1. The summed E-state index contributed by atoms with van der Waals surface area (Å²) in [6.45, 7) is 5.80. The molecule has 1 aliphatic rings. The lowest BCUT2D eigenvalue weighted by atomic mass is 10.0. The number of carbonyl (C=O) groups excluding carboxylic acids is 1. The Kier molecular flexibility index (Phi) is 6.91. The first-order valence-electron chi connectivity index (χ1n) is 8.18. The molecule has 0 atom stereocenters. The summed E-state index contributed by atoms with van der Waals surface area (Å²) < 4.78 is 1.03. The Hall–Kier alpha value is -0.670. The minimum absolute atomic E-state index is 0.272. The van der Waals surface area contributed by atoms with Crippen LogP contribution in [0.15, 0.2) is 22.7 Å². The van der Waals surface area contributed by atoms with Crippen molar-refractivity contribution in [1.82, 2.24) is 4.90 Å². The van der Waals surface area contributed by atoms with Gasteiger partial charge in [-0.1, -0.05) is 40.9 Å². The molecule has 1 fully saturated rings. The van der Waals surface area contributed by atoms with Gasteiger partial charge in [0.2, 0.25) is 0 Å². The quantitative estimate of drug-likeness (QED) is 0.509. The third-order valence-electron chi connectivity index (χ3n) is 4.32. The van der Waals surface area contributed by atoms with Gasteiger partial charge in [-0.3, -0.25) is 4.79 Å². The highest BCUT2D eigenvalue weighted by atomic mass is 79.9. The Morgan fingerprint density at radius 3 is 2.62 bits per heavy atom. The summed E-state index contributed by atoms with van der Waals surface area (Å²) >= 11 is 3.49. The van der Waals surface area contributed by atoms with E-state index in [0.29, 0.717) is 6.42 Å². The molecular weight excluding hydrogens is 326 g/mol. The predicted octanol–water partition coefficient (Wildman–Crippen LogP) is 4.99. The lowest BCUT2D eigenvalue weighted by Crippen LogP contribution is -2.30. The summed E-state index contributed by atoms with van der Waals surface area (Å²) in [6.07, 6.45) is 8.20. The first kappa shape index (κ1) is 16.7. The fourth-order valence-electron chi connectivity index (χ4n) is 2.89. The summed E-state index contributed by atoms with van der Waals surface area (Å²) in [5.74, 6) is 0.272. The molecule has 0 bridgehead atoms.